The molecule has 2 aromatic rings. The fourth-order valence-corrected chi connectivity index (χ4v) is 3.74. The van der Waals surface area contributed by atoms with Gasteiger partial charge in [0.05, 0.1) is 12.5 Å². The van der Waals surface area contributed by atoms with E-state index >= 15 is 0 Å². The van der Waals surface area contributed by atoms with Crippen LogP contribution < -0.4 is 21.7 Å². The minimum Gasteiger partial charge on any atom is -0.508 e. The van der Waals surface area contributed by atoms with Gasteiger partial charge in [0.15, 0.2) is 0 Å². The van der Waals surface area contributed by atoms with E-state index in [1.165, 1.54) is 24.3 Å². The number of hydrogen-bond acceptors (Lipinski definition) is 7. The van der Waals surface area contributed by atoms with Crippen molar-refractivity contribution in [1.29, 1.82) is 0 Å². The van der Waals surface area contributed by atoms with Gasteiger partial charge in [-0.1, -0.05) is 56.3 Å². The Balaban J connectivity index is 2.23. The lowest BCUT2D eigenvalue weighted by molar-refractivity contribution is -0.142. The monoisotopic (exact) mass is 542 g/mol. The van der Waals surface area contributed by atoms with Gasteiger partial charge in [-0.15, -0.1) is 0 Å². The van der Waals surface area contributed by atoms with Gasteiger partial charge in [0.1, 0.15) is 23.9 Å². The molecule has 39 heavy (non-hydrogen) atoms. The third kappa shape index (κ3) is 10.1. The molecule has 0 saturated carbocycles. The topological polar surface area (TPSA) is 208 Å². The van der Waals surface area contributed by atoms with Crippen molar-refractivity contribution >= 4 is 29.7 Å². The molecule has 0 aromatic heterocycles. The van der Waals surface area contributed by atoms with Crippen molar-refractivity contribution in [2.45, 2.75) is 57.3 Å². The average Bonchev–Trinajstić information content (AvgIpc) is 2.87. The van der Waals surface area contributed by atoms with Crippen LogP contribution in [0.2, 0.25) is 0 Å². The lowest BCUT2D eigenvalue weighted by Gasteiger charge is -2.27. The Morgan fingerprint density at radius 3 is 1.82 bits per heavy atom. The van der Waals surface area contributed by atoms with Crippen molar-refractivity contribution in [1.82, 2.24) is 16.0 Å². The van der Waals surface area contributed by atoms with E-state index < -0.39 is 66.2 Å². The second-order valence-corrected chi connectivity index (χ2v) is 9.46. The Kier molecular flexibility index (Phi) is 11.4. The highest BCUT2D eigenvalue weighted by Crippen LogP contribution is 2.12. The number of benzene rings is 2. The van der Waals surface area contributed by atoms with Crippen molar-refractivity contribution in [2.75, 3.05) is 0 Å². The zero-order chi connectivity index (χ0) is 29.1. The Labute approximate surface area is 225 Å². The number of phenols is 1. The molecule has 0 aliphatic carbocycles. The summed E-state index contributed by atoms with van der Waals surface area (Å²) in [6.07, 6.45) is -0.671. The zero-order valence-corrected chi connectivity index (χ0v) is 21.7. The predicted molar refractivity (Wildman–Crippen MR) is 140 cm³/mol. The summed E-state index contributed by atoms with van der Waals surface area (Å²) in [5.41, 5.74) is 6.87. The van der Waals surface area contributed by atoms with Crippen LogP contribution in [0.15, 0.2) is 54.6 Å². The van der Waals surface area contributed by atoms with Crippen LogP contribution in [0.5, 0.6) is 5.75 Å². The predicted octanol–water partition coefficient (Wildman–Crippen LogP) is 0.174. The minimum atomic E-state index is -1.38. The van der Waals surface area contributed by atoms with Crippen molar-refractivity contribution in [3.63, 3.8) is 0 Å². The molecular formula is C27H34N4O8. The molecule has 0 saturated heterocycles. The first-order valence-electron chi connectivity index (χ1n) is 12.3. The number of hydrogen-bond donors (Lipinski definition) is 7. The lowest BCUT2D eigenvalue weighted by Crippen LogP contribution is -2.59. The molecule has 2 aromatic carbocycles. The molecule has 0 aliphatic rings. The molecule has 4 atom stereocenters. The Bertz CT molecular complexity index is 1150. The van der Waals surface area contributed by atoms with Gasteiger partial charge in [-0.05, 0) is 29.2 Å². The van der Waals surface area contributed by atoms with Crippen LogP contribution in [0.25, 0.3) is 0 Å². The van der Waals surface area contributed by atoms with Crippen LogP contribution in [0.3, 0.4) is 0 Å². The van der Waals surface area contributed by atoms with E-state index in [1.54, 1.807) is 44.2 Å². The number of rotatable bonds is 14. The highest BCUT2D eigenvalue weighted by Gasteiger charge is 2.32. The third-order valence-electron chi connectivity index (χ3n) is 5.88. The molecular weight excluding hydrogens is 508 g/mol. The lowest BCUT2D eigenvalue weighted by atomic mass is 9.99. The fourth-order valence-electron chi connectivity index (χ4n) is 3.74. The van der Waals surface area contributed by atoms with Crippen LogP contribution in [-0.2, 0) is 36.8 Å². The molecule has 0 spiro atoms. The molecule has 4 unspecified atom stereocenters. The maximum absolute atomic E-state index is 13.3. The van der Waals surface area contributed by atoms with Gasteiger partial charge < -0.3 is 37.0 Å². The van der Waals surface area contributed by atoms with E-state index in [4.69, 9.17) is 10.8 Å². The van der Waals surface area contributed by atoms with E-state index in [0.29, 0.717) is 11.1 Å². The molecule has 0 bridgehead atoms. The van der Waals surface area contributed by atoms with Gasteiger partial charge in [0.2, 0.25) is 17.7 Å². The van der Waals surface area contributed by atoms with E-state index in [1.807, 2.05) is 0 Å². The fraction of sp³-hybridized carbons (Fsp3) is 0.370. The van der Waals surface area contributed by atoms with E-state index in [2.05, 4.69) is 16.0 Å². The standard InChI is InChI=1S/C27H34N4O8/c1-15(2)23(31-24(35)19(28)14-22(33)34)26(37)29-20(12-16-6-4-3-5-7-16)25(36)30-21(27(38)39)13-17-8-10-18(32)11-9-17/h3-11,15,19-21,23,32H,12-14,28H2,1-2H3,(H,29,37)(H,30,36)(H,31,35)(H,33,34)(H,38,39). The molecule has 12 heteroatoms. The van der Waals surface area contributed by atoms with E-state index in [0.717, 1.165) is 0 Å². The van der Waals surface area contributed by atoms with Crippen molar-refractivity contribution in [3.8, 4) is 5.75 Å². The number of carboxylic acids is 2. The quantitative estimate of drug-likeness (QED) is 0.173. The summed E-state index contributed by atoms with van der Waals surface area (Å²) in [6.45, 7) is 3.30. The number of phenolic OH excluding ortho intramolecular Hbond substituents is 1. The van der Waals surface area contributed by atoms with E-state index in [-0.39, 0.29) is 18.6 Å². The average molecular weight is 543 g/mol. The van der Waals surface area contributed by atoms with Crippen LogP contribution in [0.1, 0.15) is 31.4 Å². The number of aliphatic carboxylic acids is 2. The highest BCUT2D eigenvalue weighted by molar-refractivity contribution is 5.95. The maximum Gasteiger partial charge on any atom is 0.326 e. The first-order valence-corrected chi connectivity index (χ1v) is 12.3. The van der Waals surface area contributed by atoms with Crippen molar-refractivity contribution < 1.29 is 39.3 Å². The SMILES string of the molecule is CC(C)C(NC(=O)C(N)CC(=O)O)C(=O)NC(Cc1ccccc1)C(=O)NC(Cc1ccc(O)cc1)C(=O)O. The summed E-state index contributed by atoms with van der Waals surface area (Å²) in [5, 5.41) is 35.6. The van der Waals surface area contributed by atoms with Gasteiger partial charge in [-0.25, -0.2) is 4.79 Å². The first kappa shape index (κ1) is 30.8. The highest BCUT2D eigenvalue weighted by atomic mass is 16.4. The van der Waals surface area contributed by atoms with Crippen LogP contribution >= 0.6 is 0 Å². The Morgan fingerprint density at radius 2 is 1.28 bits per heavy atom. The Hall–Kier alpha value is -4.45. The number of aromatic hydroxyl groups is 1. The van der Waals surface area contributed by atoms with Gasteiger partial charge in [0.25, 0.3) is 0 Å². The Morgan fingerprint density at radius 1 is 0.744 bits per heavy atom. The van der Waals surface area contributed by atoms with Crippen LogP contribution in [0.4, 0.5) is 0 Å². The smallest absolute Gasteiger partial charge is 0.326 e. The number of carbonyl (C=O) groups excluding carboxylic acids is 3. The summed E-state index contributed by atoms with van der Waals surface area (Å²) >= 11 is 0. The molecule has 12 nitrogen and oxygen atoms in total. The molecule has 0 radical (unpaired) electrons. The molecule has 8 N–H and O–H groups in total. The second kappa shape index (κ2) is 14.5. The van der Waals surface area contributed by atoms with Crippen LogP contribution in [-0.4, -0.2) is 69.1 Å². The number of carboxylic acid groups (broad SMARTS) is 2. The number of carbonyl (C=O) groups is 5. The van der Waals surface area contributed by atoms with Gasteiger partial charge in [-0.2, -0.15) is 0 Å². The van der Waals surface area contributed by atoms with Crippen molar-refractivity contribution in [2.24, 2.45) is 11.7 Å². The second-order valence-electron chi connectivity index (χ2n) is 9.46. The number of nitrogens with one attached hydrogen (secondary N) is 3. The molecule has 3 amide bonds. The summed E-state index contributed by atoms with van der Waals surface area (Å²) in [6, 6.07) is 9.57. The zero-order valence-electron chi connectivity index (χ0n) is 21.7. The van der Waals surface area contributed by atoms with Crippen LogP contribution in [0, 0.1) is 5.92 Å². The first-order chi connectivity index (χ1) is 18.4. The third-order valence-corrected chi connectivity index (χ3v) is 5.88. The molecule has 210 valence electrons. The molecule has 0 heterocycles. The summed E-state index contributed by atoms with van der Waals surface area (Å²) < 4.78 is 0. The summed E-state index contributed by atoms with van der Waals surface area (Å²) in [7, 11) is 0. The maximum atomic E-state index is 13.3. The molecule has 0 fully saturated rings. The summed E-state index contributed by atoms with van der Waals surface area (Å²) in [5.74, 6) is -5.32. The minimum absolute atomic E-state index is 0.0102. The summed E-state index contributed by atoms with van der Waals surface area (Å²) in [4.78, 5) is 61.7. The van der Waals surface area contributed by atoms with E-state index in [9.17, 15) is 34.2 Å². The van der Waals surface area contributed by atoms with Gasteiger partial charge in [0, 0.05) is 12.8 Å². The van der Waals surface area contributed by atoms with Gasteiger partial charge in [-0.3, -0.25) is 19.2 Å². The van der Waals surface area contributed by atoms with Crippen molar-refractivity contribution in [3.05, 3.63) is 65.7 Å². The normalized spacial score (nSPS) is 13.9. The molecule has 2 rings (SSSR count). The largest absolute Gasteiger partial charge is 0.508 e. The number of amides is 3. The molecule has 0 aliphatic heterocycles. The number of nitrogens with two attached hydrogens (primary N) is 1. The van der Waals surface area contributed by atoms with Gasteiger partial charge >= 0.3 is 11.9 Å².